The number of amides is 2. The van der Waals surface area contributed by atoms with Crippen LogP contribution in [0.15, 0.2) is 42.5 Å². The highest BCUT2D eigenvalue weighted by Gasteiger charge is 2.07. The van der Waals surface area contributed by atoms with Crippen molar-refractivity contribution in [2.45, 2.75) is 19.2 Å². The van der Waals surface area contributed by atoms with E-state index in [1.54, 1.807) is 43.3 Å². The summed E-state index contributed by atoms with van der Waals surface area (Å²) >= 11 is 0. The van der Waals surface area contributed by atoms with E-state index in [-0.39, 0.29) is 18.1 Å². The van der Waals surface area contributed by atoms with Gasteiger partial charge in [-0.25, -0.2) is 17.6 Å². The monoisotopic (exact) mass is 350 g/mol. The minimum Gasteiger partial charge on any atom is -0.334 e. The smallest absolute Gasteiger partial charge is 0.319 e. The first-order valence-electron chi connectivity index (χ1n) is 7.29. The summed E-state index contributed by atoms with van der Waals surface area (Å²) in [6.07, 6.45) is 1.16. The molecular weight excluding hydrogens is 331 g/mol. The zero-order valence-corrected chi connectivity index (χ0v) is 14.3. The van der Waals surface area contributed by atoms with Gasteiger partial charge in [0.05, 0.1) is 5.75 Å². The Bertz CT molecular complexity index is 851. The molecule has 0 aliphatic carbocycles. The highest BCUT2D eigenvalue weighted by Crippen LogP contribution is 2.13. The molecule has 5 nitrogen and oxygen atoms in total. The predicted octanol–water partition coefficient (Wildman–Crippen LogP) is 3.00. The standard InChI is InChI=1S/C17H19FN2O3S/c1-12-8-13(6-7-16(12)18)10-19-17(21)20-15-5-3-4-14(9-15)11-24(2,22)23/h3-9H,10-11H2,1-2H3,(H2,19,20,21). The normalized spacial score (nSPS) is 11.1. The number of sulfone groups is 1. The summed E-state index contributed by atoms with van der Waals surface area (Å²) in [4.78, 5) is 11.9. The van der Waals surface area contributed by atoms with Gasteiger partial charge in [0.1, 0.15) is 5.82 Å². The van der Waals surface area contributed by atoms with E-state index in [4.69, 9.17) is 0 Å². The van der Waals surface area contributed by atoms with Crippen molar-refractivity contribution in [3.63, 3.8) is 0 Å². The number of hydrogen-bond acceptors (Lipinski definition) is 3. The molecule has 0 saturated carbocycles. The molecule has 0 saturated heterocycles. The van der Waals surface area contributed by atoms with E-state index in [1.165, 1.54) is 6.07 Å². The lowest BCUT2D eigenvalue weighted by molar-refractivity contribution is 0.251. The second-order valence-corrected chi connectivity index (χ2v) is 7.80. The minimum absolute atomic E-state index is 0.0843. The summed E-state index contributed by atoms with van der Waals surface area (Å²) in [6.45, 7) is 1.92. The minimum atomic E-state index is -3.14. The first-order chi connectivity index (χ1) is 11.2. The van der Waals surface area contributed by atoms with Crippen LogP contribution < -0.4 is 10.6 Å². The molecule has 0 spiro atoms. The van der Waals surface area contributed by atoms with Gasteiger partial charge in [0, 0.05) is 18.5 Å². The fraction of sp³-hybridized carbons (Fsp3) is 0.235. The third kappa shape index (κ3) is 5.66. The molecule has 2 aromatic carbocycles. The number of urea groups is 1. The van der Waals surface area contributed by atoms with Crippen molar-refractivity contribution < 1.29 is 17.6 Å². The van der Waals surface area contributed by atoms with Crippen LogP contribution in [0.2, 0.25) is 0 Å². The van der Waals surface area contributed by atoms with E-state index >= 15 is 0 Å². The first-order valence-corrected chi connectivity index (χ1v) is 9.35. The summed E-state index contributed by atoms with van der Waals surface area (Å²) in [5.74, 6) is -0.371. The Morgan fingerprint density at radius 2 is 1.88 bits per heavy atom. The molecular formula is C17H19FN2O3S. The number of benzene rings is 2. The quantitative estimate of drug-likeness (QED) is 0.870. The molecule has 0 unspecified atom stereocenters. The van der Waals surface area contributed by atoms with Crippen molar-refractivity contribution in [3.05, 3.63) is 65.0 Å². The van der Waals surface area contributed by atoms with Crippen LogP contribution in [-0.2, 0) is 22.1 Å². The highest BCUT2D eigenvalue weighted by atomic mass is 32.2. The summed E-state index contributed by atoms with van der Waals surface area (Å²) in [5.41, 5.74) is 2.41. The number of aryl methyl sites for hydroxylation is 1. The average molecular weight is 350 g/mol. The number of halogens is 1. The van der Waals surface area contributed by atoms with Crippen molar-refractivity contribution in [3.8, 4) is 0 Å². The van der Waals surface area contributed by atoms with E-state index in [9.17, 15) is 17.6 Å². The Hall–Kier alpha value is -2.41. The maximum Gasteiger partial charge on any atom is 0.319 e. The van der Waals surface area contributed by atoms with Crippen LogP contribution in [0.4, 0.5) is 14.9 Å². The van der Waals surface area contributed by atoms with Gasteiger partial charge < -0.3 is 10.6 Å². The Kier molecular flexibility index (Phi) is 5.56. The van der Waals surface area contributed by atoms with Crippen LogP contribution >= 0.6 is 0 Å². The fourth-order valence-corrected chi connectivity index (χ4v) is 3.00. The molecule has 24 heavy (non-hydrogen) atoms. The van der Waals surface area contributed by atoms with Crippen molar-refractivity contribution in [2.75, 3.05) is 11.6 Å². The molecule has 2 amide bonds. The van der Waals surface area contributed by atoms with Crippen LogP contribution in [-0.4, -0.2) is 20.7 Å². The Morgan fingerprint density at radius 1 is 1.12 bits per heavy atom. The lowest BCUT2D eigenvalue weighted by Gasteiger charge is -2.09. The van der Waals surface area contributed by atoms with E-state index in [2.05, 4.69) is 10.6 Å². The number of anilines is 1. The molecule has 0 heterocycles. The zero-order valence-electron chi connectivity index (χ0n) is 13.5. The van der Waals surface area contributed by atoms with Crippen LogP contribution in [0.5, 0.6) is 0 Å². The summed E-state index contributed by atoms with van der Waals surface area (Å²) in [7, 11) is -3.14. The summed E-state index contributed by atoms with van der Waals surface area (Å²) < 4.78 is 35.8. The molecule has 128 valence electrons. The molecule has 0 aromatic heterocycles. The molecule has 7 heteroatoms. The van der Waals surface area contributed by atoms with Gasteiger partial charge in [-0.1, -0.05) is 24.3 Å². The van der Waals surface area contributed by atoms with E-state index in [1.807, 2.05) is 0 Å². The average Bonchev–Trinajstić information content (AvgIpc) is 2.47. The Labute approximate surface area is 140 Å². The van der Waals surface area contributed by atoms with E-state index in [0.29, 0.717) is 16.8 Å². The van der Waals surface area contributed by atoms with Crippen LogP contribution in [0.25, 0.3) is 0 Å². The van der Waals surface area contributed by atoms with Crippen LogP contribution in [0.3, 0.4) is 0 Å². The van der Waals surface area contributed by atoms with E-state index < -0.39 is 15.9 Å². The third-order valence-electron chi connectivity index (χ3n) is 3.29. The van der Waals surface area contributed by atoms with Gasteiger partial charge in [-0.2, -0.15) is 0 Å². The van der Waals surface area contributed by atoms with Gasteiger partial charge in [0.15, 0.2) is 9.84 Å². The summed E-state index contributed by atoms with van der Waals surface area (Å²) in [5, 5.41) is 5.32. The maximum atomic E-state index is 13.2. The SMILES string of the molecule is Cc1cc(CNC(=O)Nc2cccc(CS(C)(=O)=O)c2)ccc1F. The van der Waals surface area contributed by atoms with Gasteiger partial charge in [-0.05, 0) is 41.8 Å². The topological polar surface area (TPSA) is 75.3 Å². The largest absolute Gasteiger partial charge is 0.334 e. The van der Waals surface area contributed by atoms with Gasteiger partial charge >= 0.3 is 6.03 Å². The number of carbonyl (C=O) groups excluding carboxylic acids is 1. The van der Waals surface area contributed by atoms with Crippen LogP contribution in [0, 0.1) is 12.7 Å². The number of nitrogens with one attached hydrogen (secondary N) is 2. The molecule has 0 fully saturated rings. The number of carbonyl (C=O) groups is 1. The Balaban J connectivity index is 1.94. The Morgan fingerprint density at radius 3 is 2.54 bits per heavy atom. The van der Waals surface area contributed by atoms with Gasteiger partial charge in [-0.3, -0.25) is 0 Å². The number of rotatable bonds is 5. The van der Waals surface area contributed by atoms with E-state index in [0.717, 1.165) is 11.8 Å². The van der Waals surface area contributed by atoms with Gasteiger partial charge in [-0.15, -0.1) is 0 Å². The second-order valence-electron chi connectivity index (χ2n) is 5.66. The number of hydrogen-bond donors (Lipinski definition) is 2. The lowest BCUT2D eigenvalue weighted by atomic mass is 10.1. The molecule has 0 aliphatic rings. The zero-order chi connectivity index (χ0) is 17.7. The molecule has 2 aromatic rings. The van der Waals surface area contributed by atoms with Gasteiger partial charge in [0.2, 0.25) is 0 Å². The molecule has 2 N–H and O–H groups in total. The summed E-state index contributed by atoms with van der Waals surface area (Å²) in [6, 6.07) is 10.9. The highest BCUT2D eigenvalue weighted by molar-refractivity contribution is 7.89. The van der Waals surface area contributed by atoms with Crippen molar-refractivity contribution in [2.24, 2.45) is 0 Å². The molecule has 2 rings (SSSR count). The fourth-order valence-electron chi connectivity index (χ4n) is 2.22. The molecule has 0 aliphatic heterocycles. The first kappa shape index (κ1) is 17.9. The van der Waals surface area contributed by atoms with Crippen molar-refractivity contribution >= 4 is 21.6 Å². The molecule has 0 radical (unpaired) electrons. The molecule has 0 atom stereocenters. The maximum absolute atomic E-state index is 13.2. The molecule has 0 bridgehead atoms. The lowest BCUT2D eigenvalue weighted by Crippen LogP contribution is -2.28. The predicted molar refractivity (Wildman–Crippen MR) is 92.0 cm³/mol. The third-order valence-corrected chi connectivity index (χ3v) is 4.15. The van der Waals surface area contributed by atoms with Crippen molar-refractivity contribution in [1.29, 1.82) is 0 Å². The van der Waals surface area contributed by atoms with Gasteiger partial charge in [0.25, 0.3) is 0 Å². The van der Waals surface area contributed by atoms with Crippen molar-refractivity contribution in [1.82, 2.24) is 5.32 Å². The van der Waals surface area contributed by atoms with Crippen LogP contribution in [0.1, 0.15) is 16.7 Å². The second kappa shape index (κ2) is 7.44.